The number of hydrogen-bond donors (Lipinski definition) is 2. The predicted molar refractivity (Wildman–Crippen MR) is 124 cm³/mol. The van der Waals surface area contributed by atoms with E-state index in [1.54, 1.807) is 10.6 Å². The van der Waals surface area contributed by atoms with Crippen molar-refractivity contribution in [3.8, 4) is 0 Å². The second-order valence-corrected chi connectivity index (χ2v) is 8.54. The second-order valence-electron chi connectivity index (χ2n) is 8.54. The monoisotopic (exact) mass is 433 g/mol. The van der Waals surface area contributed by atoms with Gasteiger partial charge in [0.2, 0.25) is 0 Å². The van der Waals surface area contributed by atoms with E-state index in [0.29, 0.717) is 24.4 Å². The summed E-state index contributed by atoms with van der Waals surface area (Å²) in [5, 5.41) is 10.4. The maximum Gasteiger partial charge on any atom is 0.272 e. The number of benzene rings is 1. The summed E-state index contributed by atoms with van der Waals surface area (Å²) in [5.74, 6) is -0.136. The van der Waals surface area contributed by atoms with Gasteiger partial charge in [-0.25, -0.2) is 0 Å². The Morgan fingerprint density at radius 3 is 2.69 bits per heavy atom. The van der Waals surface area contributed by atoms with Crippen LogP contribution in [0.2, 0.25) is 0 Å². The number of rotatable bonds is 8. The number of aromatic nitrogens is 3. The van der Waals surface area contributed by atoms with E-state index in [0.717, 1.165) is 48.9 Å². The van der Waals surface area contributed by atoms with Gasteiger partial charge < -0.3 is 14.8 Å². The van der Waals surface area contributed by atoms with Crippen LogP contribution in [0.15, 0.2) is 48.7 Å². The van der Waals surface area contributed by atoms with Gasteiger partial charge in [-0.05, 0) is 56.2 Å². The van der Waals surface area contributed by atoms with E-state index in [1.807, 2.05) is 49.5 Å². The fourth-order valence-corrected chi connectivity index (χ4v) is 4.45. The smallest absolute Gasteiger partial charge is 0.272 e. The first kappa shape index (κ1) is 21.9. The number of carbonyl (C=O) groups is 2. The Labute approximate surface area is 188 Å². The molecule has 7 nitrogen and oxygen atoms in total. The van der Waals surface area contributed by atoms with Crippen molar-refractivity contribution in [1.29, 1.82) is 0 Å². The first-order valence-corrected chi connectivity index (χ1v) is 11.3. The van der Waals surface area contributed by atoms with Crippen LogP contribution < -0.4 is 5.32 Å². The zero-order valence-electron chi connectivity index (χ0n) is 18.8. The fourth-order valence-electron chi connectivity index (χ4n) is 4.45. The fraction of sp³-hybridized carbons (Fsp3) is 0.400. The highest BCUT2D eigenvalue weighted by Gasteiger charge is 2.27. The van der Waals surface area contributed by atoms with Crippen molar-refractivity contribution in [3.05, 3.63) is 76.9 Å². The van der Waals surface area contributed by atoms with Crippen molar-refractivity contribution in [3.63, 3.8) is 0 Å². The highest BCUT2D eigenvalue weighted by Crippen LogP contribution is 2.24. The number of nitrogens with zero attached hydrogens (tertiary/aromatic N) is 3. The number of hydrogen-bond acceptors (Lipinski definition) is 3. The minimum Gasteiger partial charge on any atom is -0.351 e. The molecule has 2 N–H and O–H groups in total. The molecule has 1 aromatic carbocycles. The molecule has 0 bridgehead atoms. The molecule has 3 aromatic rings. The minimum atomic E-state index is -0.104. The highest BCUT2D eigenvalue weighted by molar-refractivity contribution is 5.94. The lowest BCUT2D eigenvalue weighted by atomic mass is 9.95. The Balaban J connectivity index is 1.47. The standard InChI is InChI=1S/C25H31N5O2/c1-29-16-8-13-22(29)24(31)26-15-14-19(17-18-9-4-3-5-10-18)30(2)25(32)23-20-11-6-7-12-21(20)27-28-23/h3-5,8-10,13,16,19H,6-7,11-12,14-15,17H2,1-2H3,(H,26,31)(H,27,28). The van der Waals surface area contributed by atoms with Crippen molar-refractivity contribution in [1.82, 2.24) is 25.0 Å². The average molecular weight is 434 g/mol. The molecule has 7 heteroatoms. The zero-order chi connectivity index (χ0) is 22.5. The largest absolute Gasteiger partial charge is 0.351 e. The number of H-pyrrole nitrogens is 1. The van der Waals surface area contributed by atoms with Crippen molar-refractivity contribution in [2.75, 3.05) is 13.6 Å². The summed E-state index contributed by atoms with van der Waals surface area (Å²) in [6, 6.07) is 13.8. The number of fused-ring (bicyclic) bond motifs is 1. The van der Waals surface area contributed by atoms with Crippen LogP contribution in [0, 0.1) is 0 Å². The molecule has 0 aliphatic heterocycles. The third-order valence-corrected chi connectivity index (χ3v) is 6.38. The first-order valence-electron chi connectivity index (χ1n) is 11.3. The number of amides is 2. The van der Waals surface area contributed by atoms with E-state index < -0.39 is 0 Å². The molecule has 0 saturated heterocycles. The van der Waals surface area contributed by atoms with Crippen molar-refractivity contribution < 1.29 is 9.59 Å². The zero-order valence-corrected chi connectivity index (χ0v) is 18.8. The summed E-state index contributed by atoms with van der Waals surface area (Å²) >= 11 is 0. The number of nitrogens with one attached hydrogen (secondary N) is 2. The van der Waals surface area contributed by atoms with Gasteiger partial charge >= 0.3 is 0 Å². The molecule has 4 rings (SSSR count). The Kier molecular flexibility index (Phi) is 6.73. The molecule has 2 heterocycles. The second kappa shape index (κ2) is 9.85. The molecule has 1 aliphatic rings. The van der Waals surface area contributed by atoms with Crippen LogP contribution in [-0.4, -0.2) is 51.1 Å². The molecule has 2 amide bonds. The van der Waals surface area contributed by atoms with E-state index in [4.69, 9.17) is 0 Å². The third kappa shape index (κ3) is 4.77. The number of aromatic amines is 1. The number of aryl methyl sites for hydroxylation is 2. The molecule has 0 fully saturated rings. The van der Waals surface area contributed by atoms with Crippen molar-refractivity contribution in [2.45, 2.75) is 44.6 Å². The van der Waals surface area contributed by atoms with Gasteiger partial charge in [0.1, 0.15) is 11.4 Å². The molecule has 32 heavy (non-hydrogen) atoms. The van der Waals surface area contributed by atoms with Gasteiger partial charge in [-0.2, -0.15) is 5.10 Å². The van der Waals surface area contributed by atoms with Gasteiger partial charge in [0.05, 0.1) is 5.69 Å². The lowest BCUT2D eigenvalue weighted by Gasteiger charge is -2.29. The van der Waals surface area contributed by atoms with Gasteiger partial charge in [0.25, 0.3) is 11.8 Å². The summed E-state index contributed by atoms with van der Waals surface area (Å²) in [4.78, 5) is 27.7. The molecule has 2 aromatic heterocycles. The van der Waals surface area contributed by atoms with Gasteiger partial charge in [-0.15, -0.1) is 0 Å². The SMILES string of the molecule is CN(C(=O)c1[nH]nc2c1CCCC2)C(CCNC(=O)c1cccn1C)Cc1ccccc1. The molecule has 0 spiro atoms. The summed E-state index contributed by atoms with van der Waals surface area (Å²) < 4.78 is 1.80. The van der Waals surface area contributed by atoms with Crippen LogP contribution in [-0.2, 0) is 26.3 Å². The van der Waals surface area contributed by atoms with Crippen LogP contribution in [0.4, 0.5) is 0 Å². The van der Waals surface area contributed by atoms with Gasteiger partial charge in [-0.1, -0.05) is 30.3 Å². The van der Waals surface area contributed by atoms with E-state index in [9.17, 15) is 9.59 Å². The van der Waals surface area contributed by atoms with Gasteiger partial charge in [0.15, 0.2) is 0 Å². The summed E-state index contributed by atoms with van der Waals surface area (Å²) in [6.07, 6.45) is 7.28. The summed E-state index contributed by atoms with van der Waals surface area (Å²) in [5.41, 5.74) is 4.51. The number of likely N-dealkylation sites (N-methyl/N-ethyl adjacent to an activating group) is 1. The quantitative estimate of drug-likeness (QED) is 0.573. The van der Waals surface area contributed by atoms with Crippen LogP contribution in [0.1, 0.15) is 57.1 Å². The van der Waals surface area contributed by atoms with Crippen LogP contribution >= 0.6 is 0 Å². The average Bonchev–Trinajstić information content (AvgIpc) is 3.44. The molecule has 1 aliphatic carbocycles. The van der Waals surface area contributed by atoms with Gasteiger partial charge in [-0.3, -0.25) is 14.7 Å². The third-order valence-electron chi connectivity index (χ3n) is 6.38. The first-order chi connectivity index (χ1) is 15.5. The van der Waals surface area contributed by atoms with E-state index in [1.165, 1.54) is 0 Å². The molecular formula is C25H31N5O2. The highest BCUT2D eigenvalue weighted by atomic mass is 16.2. The van der Waals surface area contributed by atoms with Gasteiger partial charge in [0, 0.05) is 38.4 Å². The predicted octanol–water partition coefficient (Wildman–Crippen LogP) is 3.13. The Bertz CT molecular complexity index is 1070. The number of carbonyl (C=O) groups excluding carboxylic acids is 2. The topological polar surface area (TPSA) is 83.0 Å². The maximum atomic E-state index is 13.4. The van der Waals surface area contributed by atoms with Crippen LogP contribution in [0.3, 0.4) is 0 Å². The maximum absolute atomic E-state index is 13.4. The van der Waals surface area contributed by atoms with E-state index >= 15 is 0 Å². The van der Waals surface area contributed by atoms with Crippen molar-refractivity contribution in [2.24, 2.45) is 7.05 Å². The molecule has 1 unspecified atom stereocenters. The molecule has 0 radical (unpaired) electrons. The molecular weight excluding hydrogens is 402 g/mol. The molecule has 168 valence electrons. The Hall–Kier alpha value is -3.35. The molecule has 0 saturated carbocycles. The lowest BCUT2D eigenvalue weighted by molar-refractivity contribution is 0.0715. The van der Waals surface area contributed by atoms with Crippen LogP contribution in [0.5, 0.6) is 0 Å². The van der Waals surface area contributed by atoms with Crippen molar-refractivity contribution >= 4 is 11.8 Å². The Morgan fingerprint density at radius 2 is 1.94 bits per heavy atom. The van der Waals surface area contributed by atoms with E-state index in [2.05, 4.69) is 27.6 Å². The lowest BCUT2D eigenvalue weighted by Crippen LogP contribution is -2.41. The molecule has 1 atom stereocenters. The van der Waals surface area contributed by atoms with E-state index in [-0.39, 0.29) is 17.9 Å². The Morgan fingerprint density at radius 1 is 1.16 bits per heavy atom. The van der Waals surface area contributed by atoms with Crippen LogP contribution in [0.25, 0.3) is 0 Å². The minimum absolute atomic E-state index is 0.0321. The normalized spacial score (nSPS) is 13.9. The summed E-state index contributed by atoms with van der Waals surface area (Å²) in [7, 11) is 3.70. The summed E-state index contributed by atoms with van der Waals surface area (Å²) in [6.45, 7) is 0.486.